The first-order valence-electron chi connectivity index (χ1n) is 8.07. The Morgan fingerprint density at radius 3 is 1.92 bits per heavy atom. The molecular weight excluding hydrogens is 328 g/mol. The summed E-state index contributed by atoms with van der Waals surface area (Å²) in [6.07, 6.45) is 0.546. The van der Waals surface area contributed by atoms with Crippen LogP contribution in [0.25, 0.3) is 0 Å². The molecule has 0 spiro atoms. The van der Waals surface area contributed by atoms with Crippen LogP contribution in [0.2, 0.25) is 0 Å². The standard InChI is InChI=1S/C17H28N2O4S/c1-11-12(2)14(4)17(15(5)13(11)3)24(22,23)19-9-7-16(21)18-8-6-10-20/h19-20H,6-10H2,1-5H3,(H,18,21). The third-order valence-corrected chi connectivity index (χ3v) is 6.24. The van der Waals surface area contributed by atoms with Crippen LogP contribution in [0, 0.1) is 34.6 Å². The van der Waals surface area contributed by atoms with Crippen LogP contribution in [-0.2, 0) is 14.8 Å². The number of carbonyl (C=O) groups excluding carboxylic acids is 1. The fourth-order valence-corrected chi connectivity index (χ4v) is 4.26. The summed E-state index contributed by atoms with van der Waals surface area (Å²) in [6, 6.07) is 0. The number of nitrogens with one attached hydrogen (secondary N) is 2. The molecule has 0 radical (unpaired) electrons. The van der Waals surface area contributed by atoms with Gasteiger partial charge in [0.15, 0.2) is 0 Å². The number of benzene rings is 1. The molecule has 136 valence electrons. The molecule has 0 atom stereocenters. The highest BCUT2D eigenvalue weighted by atomic mass is 32.2. The Bertz CT molecular complexity index is 683. The van der Waals surface area contributed by atoms with Crippen molar-refractivity contribution >= 4 is 15.9 Å². The maximum atomic E-state index is 12.7. The molecule has 0 fully saturated rings. The molecule has 1 aromatic carbocycles. The molecule has 1 aromatic rings. The van der Waals surface area contributed by atoms with E-state index in [-0.39, 0.29) is 25.5 Å². The highest BCUT2D eigenvalue weighted by Gasteiger charge is 2.23. The number of aliphatic hydroxyl groups excluding tert-OH is 1. The van der Waals surface area contributed by atoms with Gasteiger partial charge in [-0.05, 0) is 68.9 Å². The molecule has 0 aliphatic rings. The Labute approximate surface area is 144 Å². The molecule has 0 bridgehead atoms. The van der Waals surface area contributed by atoms with Crippen LogP contribution >= 0.6 is 0 Å². The van der Waals surface area contributed by atoms with E-state index in [1.54, 1.807) is 0 Å². The van der Waals surface area contributed by atoms with Crippen LogP contribution in [0.3, 0.4) is 0 Å². The zero-order valence-electron chi connectivity index (χ0n) is 15.1. The molecule has 7 heteroatoms. The Morgan fingerprint density at radius 1 is 0.917 bits per heavy atom. The minimum Gasteiger partial charge on any atom is -0.396 e. The molecule has 1 amide bonds. The van der Waals surface area contributed by atoms with E-state index in [1.807, 2.05) is 34.6 Å². The maximum absolute atomic E-state index is 12.7. The minimum absolute atomic E-state index is 0.0115. The fourth-order valence-electron chi connectivity index (χ4n) is 2.64. The van der Waals surface area contributed by atoms with Crippen molar-refractivity contribution < 1.29 is 18.3 Å². The minimum atomic E-state index is -3.67. The van der Waals surface area contributed by atoms with Crippen molar-refractivity contribution in [2.75, 3.05) is 19.7 Å². The van der Waals surface area contributed by atoms with E-state index in [4.69, 9.17) is 5.11 Å². The number of sulfonamides is 1. The van der Waals surface area contributed by atoms with Gasteiger partial charge in [0.2, 0.25) is 15.9 Å². The van der Waals surface area contributed by atoms with Gasteiger partial charge in [-0.15, -0.1) is 0 Å². The first kappa shape index (κ1) is 20.6. The van der Waals surface area contributed by atoms with Gasteiger partial charge < -0.3 is 10.4 Å². The van der Waals surface area contributed by atoms with Gasteiger partial charge in [0.05, 0.1) is 4.90 Å². The zero-order chi connectivity index (χ0) is 18.5. The smallest absolute Gasteiger partial charge is 0.241 e. The molecule has 0 saturated heterocycles. The van der Waals surface area contributed by atoms with E-state index in [9.17, 15) is 13.2 Å². The number of hydrogen-bond acceptors (Lipinski definition) is 4. The Kier molecular flexibility index (Phi) is 7.38. The predicted molar refractivity (Wildman–Crippen MR) is 94.6 cm³/mol. The lowest BCUT2D eigenvalue weighted by Gasteiger charge is -2.19. The van der Waals surface area contributed by atoms with Crippen molar-refractivity contribution in [2.45, 2.75) is 52.4 Å². The third kappa shape index (κ3) is 4.78. The van der Waals surface area contributed by atoms with Crippen molar-refractivity contribution in [1.29, 1.82) is 0 Å². The van der Waals surface area contributed by atoms with Crippen LogP contribution in [0.4, 0.5) is 0 Å². The highest BCUT2D eigenvalue weighted by molar-refractivity contribution is 7.89. The Morgan fingerprint density at radius 2 is 1.42 bits per heavy atom. The second-order valence-corrected chi connectivity index (χ2v) is 7.73. The summed E-state index contributed by atoms with van der Waals surface area (Å²) >= 11 is 0. The van der Waals surface area contributed by atoms with Gasteiger partial charge in [0, 0.05) is 26.1 Å². The van der Waals surface area contributed by atoms with Crippen molar-refractivity contribution in [3.63, 3.8) is 0 Å². The van der Waals surface area contributed by atoms with Crippen molar-refractivity contribution in [2.24, 2.45) is 0 Å². The summed E-state index contributed by atoms with van der Waals surface area (Å²) in [6.45, 7) is 9.89. The van der Waals surface area contributed by atoms with Crippen molar-refractivity contribution in [1.82, 2.24) is 10.0 Å². The molecule has 0 heterocycles. The van der Waals surface area contributed by atoms with Gasteiger partial charge in [0.1, 0.15) is 0 Å². The molecule has 6 nitrogen and oxygen atoms in total. The van der Waals surface area contributed by atoms with Crippen molar-refractivity contribution in [3.8, 4) is 0 Å². The summed E-state index contributed by atoms with van der Waals surface area (Å²) in [5, 5.41) is 11.3. The van der Waals surface area contributed by atoms with Gasteiger partial charge in [0.25, 0.3) is 0 Å². The summed E-state index contributed by atoms with van der Waals surface area (Å²) < 4.78 is 27.8. The Hall–Kier alpha value is -1.44. The quantitative estimate of drug-likeness (QED) is 0.614. The largest absolute Gasteiger partial charge is 0.396 e. The van der Waals surface area contributed by atoms with Gasteiger partial charge in [-0.1, -0.05) is 0 Å². The monoisotopic (exact) mass is 356 g/mol. The van der Waals surface area contributed by atoms with Crippen LogP contribution in [0.5, 0.6) is 0 Å². The van der Waals surface area contributed by atoms with Gasteiger partial charge in [-0.25, -0.2) is 13.1 Å². The van der Waals surface area contributed by atoms with E-state index >= 15 is 0 Å². The van der Waals surface area contributed by atoms with Crippen LogP contribution in [0.15, 0.2) is 4.90 Å². The number of rotatable bonds is 8. The molecule has 0 unspecified atom stereocenters. The molecule has 0 aliphatic heterocycles. The lowest BCUT2D eigenvalue weighted by Crippen LogP contribution is -2.32. The first-order valence-corrected chi connectivity index (χ1v) is 9.56. The third-order valence-electron chi connectivity index (χ3n) is 4.50. The van der Waals surface area contributed by atoms with E-state index < -0.39 is 10.0 Å². The average molecular weight is 356 g/mol. The first-order chi connectivity index (χ1) is 11.1. The van der Waals surface area contributed by atoms with Gasteiger partial charge in [-0.3, -0.25) is 4.79 Å². The van der Waals surface area contributed by atoms with E-state index in [1.165, 1.54) is 0 Å². The lowest BCUT2D eigenvalue weighted by atomic mass is 9.95. The maximum Gasteiger partial charge on any atom is 0.241 e. The van der Waals surface area contributed by atoms with Gasteiger partial charge >= 0.3 is 0 Å². The molecule has 1 rings (SSSR count). The predicted octanol–water partition coefficient (Wildman–Crippen LogP) is 1.40. The average Bonchev–Trinajstić information content (AvgIpc) is 2.51. The second kappa shape index (κ2) is 8.60. The number of aliphatic hydroxyl groups is 1. The fraction of sp³-hybridized carbons (Fsp3) is 0.588. The molecule has 24 heavy (non-hydrogen) atoms. The molecule has 0 aromatic heterocycles. The number of amides is 1. The normalized spacial score (nSPS) is 11.6. The molecule has 0 saturated carbocycles. The summed E-state index contributed by atoms with van der Waals surface area (Å²) in [5.41, 5.74) is 4.54. The van der Waals surface area contributed by atoms with Gasteiger partial charge in [-0.2, -0.15) is 0 Å². The molecule has 0 aliphatic carbocycles. The van der Waals surface area contributed by atoms with Crippen LogP contribution in [0.1, 0.15) is 40.7 Å². The summed E-state index contributed by atoms with van der Waals surface area (Å²) in [4.78, 5) is 11.9. The highest BCUT2D eigenvalue weighted by Crippen LogP contribution is 2.29. The zero-order valence-corrected chi connectivity index (χ0v) is 15.9. The van der Waals surface area contributed by atoms with Crippen molar-refractivity contribution in [3.05, 3.63) is 27.8 Å². The second-order valence-electron chi connectivity index (χ2n) is 6.03. The van der Waals surface area contributed by atoms with Crippen LogP contribution in [-0.4, -0.2) is 39.1 Å². The topological polar surface area (TPSA) is 95.5 Å². The summed E-state index contributed by atoms with van der Waals surface area (Å²) in [5.74, 6) is -0.240. The lowest BCUT2D eigenvalue weighted by molar-refractivity contribution is -0.120. The SMILES string of the molecule is Cc1c(C)c(C)c(S(=O)(=O)NCCC(=O)NCCCO)c(C)c1C. The molecule has 3 N–H and O–H groups in total. The molecular formula is C17H28N2O4S. The van der Waals surface area contributed by atoms with E-state index in [2.05, 4.69) is 10.0 Å². The Balaban J connectivity index is 2.86. The van der Waals surface area contributed by atoms with E-state index in [0.717, 1.165) is 27.8 Å². The summed E-state index contributed by atoms with van der Waals surface area (Å²) in [7, 11) is -3.67. The number of hydrogen-bond donors (Lipinski definition) is 3. The number of carbonyl (C=O) groups is 1. The van der Waals surface area contributed by atoms with E-state index in [0.29, 0.717) is 17.9 Å². The van der Waals surface area contributed by atoms with Crippen LogP contribution < -0.4 is 10.0 Å².